The molecule has 0 fully saturated rings. The molecule has 1 aromatic heterocycles. The average molecular weight is 295 g/mol. The Kier molecular flexibility index (Phi) is 3.06. The van der Waals surface area contributed by atoms with E-state index in [4.69, 9.17) is 11.5 Å². The van der Waals surface area contributed by atoms with Crippen LogP contribution in [0.4, 0.5) is 5.69 Å². The predicted octanol–water partition coefficient (Wildman–Crippen LogP) is 2.84. The highest BCUT2D eigenvalue weighted by Crippen LogP contribution is 2.39. The van der Waals surface area contributed by atoms with Crippen molar-refractivity contribution in [3.8, 4) is 16.9 Å². The molecule has 5 nitrogen and oxygen atoms in total. The maximum Gasteiger partial charge on any atom is 0.251 e. The van der Waals surface area contributed by atoms with Gasteiger partial charge in [0.1, 0.15) is 5.75 Å². The van der Waals surface area contributed by atoms with E-state index >= 15 is 0 Å². The summed E-state index contributed by atoms with van der Waals surface area (Å²) < 4.78 is 0. The Labute approximate surface area is 127 Å². The Balaban J connectivity index is 2.45. The molecule has 3 aromatic rings. The van der Waals surface area contributed by atoms with Crippen LogP contribution >= 0.6 is 0 Å². The number of hydrogen-bond acceptors (Lipinski definition) is 3. The van der Waals surface area contributed by atoms with Crippen LogP contribution in [0.5, 0.6) is 5.75 Å². The summed E-state index contributed by atoms with van der Waals surface area (Å²) in [6, 6.07) is 7.12. The standard InChI is InChI=1S/C17H17N3O2/c1-8-3-4-13(21)9(2)14(8)11-7-12-10(5-6-20-12)15(16(11)18)17(19)22/h3-7,20-21H,18H2,1-2H3,(H2,19,22). The van der Waals surface area contributed by atoms with Crippen molar-refractivity contribution in [2.24, 2.45) is 5.73 Å². The molecule has 5 heteroatoms. The number of aromatic nitrogens is 1. The number of hydrogen-bond donors (Lipinski definition) is 4. The first-order valence-corrected chi connectivity index (χ1v) is 6.90. The molecule has 1 heterocycles. The molecule has 0 saturated heterocycles. The molecule has 1 amide bonds. The lowest BCUT2D eigenvalue weighted by Crippen LogP contribution is -2.14. The number of nitrogen functional groups attached to an aromatic ring is 1. The molecule has 2 aromatic carbocycles. The van der Waals surface area contributed by atoms with Crippen LogP contribution in [-0.4, -0.2) is 16.0 Å². The van der Waals surface area contributed by atoms with Gasteiger partial charge in [0.25, 0.3) is 5.91 Å². The summed E-state index contributed by atoms with van der Waals surface area (Å²) in [6.45, 7) is 3.75. The van der Waals surface area contributed by atoms with Gasteiger partial charge < -0.3 is 21.6 Å². The van der Waals surface area contributed by atoms with E-state index in [9.17, 15) is 9.90 Å². The molecule has 3 rings (SSSR count). The number of rotatable bonds is 2. The third kappa shape index (κ3) is 1.90. The van der Waals surface area contributed by atoms with E-state index in [1.807, 2.05) is 26.0 Å². The minimum Gasteiger partial charge on any atom is -0.508 e. The Morgan fingerprint density at radius 3 is 2.64 bits per heavy atom. The van der Waals surface area contributed by atoms with Crippen LogP contribution in [0.1, 0.15) is 21.5 Å². The van der Waals surface area contributed by atoms with Crippen LogP contribution in [0.2, 0.25) is 0 Å². The third-order valence-electron chi connectivity index (χ3n) is 4.06. The third-order valence-corrected chi connectivity index (χ3v) is 4.06. The highest BCUT2D eigenvalue weighted by atomic mass is 16.3. The Hall–Kier alpha value is -2.95. The van der Waals surface area contributed by atoms with Crippen molar-refractivity contribution in [3.63, 3.8) is 0 Å². The number of carbonyl (C=O) groups is 1. The number of benzene rings is 2. The van der Waals surface area contributed by atoms with Crippen LogP contribution in [0, 0.1) is 13.8 Å². The molecule has 0 saturated carbocycles. The first kappa shape index (κ1) is 14.0. The molecular formula is C17H17N3O2. The number of aromatic amines is 1. The van der Waals surface area contributed by atoms with Gasteiger partial charge in [-0.1, -0.05) is 6.07 Å². The van der Waals surface area contributed by atoms with Gasteiger partial charge in [-0.25, -0.2) is 0 Å². The van der Waals surface area contributed by atoms with Gasteiger partial charge in [0.2, 0.25) is 0 Å². The molecule has 0 spiro atoms. The quantitative estimate of drug-likeness (QED) is 0.546. The topological polar surface area (TPSA) is 105 Å². The normalized spacial score (nSPS) is 11.0. The lowest BCUT2D eigenvalue weighted by atomic mass is 9.91. The van der Waals surface area contributed by atoms with Crippen LogP contribution in [-0.2, 0) is 0 Å². The fraction of sp³-hybridized carbons (Fsp3) is 0.118. The number of H-pyrrole nitrogens is 1. The Morgan fingerprint density at radius 2 is 1.95 bits per heavy atom. The molecule has 0 unspecified atom stereocenters. The Bertz CT molecular complexity index is 910. The van der Waals surface area contributed by atoms with Crippen molar-refractivity contribution < 1.29 is 9.90 Å². The fourth-order valence-corrected chi connectivity index (χ4v) is 2.94. The second kappa shape index (κ2) is 4.80. The van der Waals surface area contributed by atoms with Crippen LogP contribution in [0.3, 0.4) is 0 Å². The van der Waals surface area contributed by atoms with E-state index in [-0.39, 0.29) is 5.75 Å². The molecule has 0 atom stereocenters. The van der Waals surface area contributed by atoms with Gasteiger partial charge in [-0.05, 0) is 48.7 Å². The summed E-state index contributed by atoms with van der Waals surface area (Å²) in [4.78, 5) is 14.9. The van der Waals surface area contributed by atoms with Gasteiger partial charge in [0, 0.05) is 22.7 Å². The molecule has 6 N–H and O–H groups in total. The van der Waals surface area contributed by atoms with Gasteiger partial charge in [-0.3, -0.25) is 4.79 Å². The second-order valence-electron chi connectivity index (χ2n) is 5.42. The number of phenols is 1. The minimum absolute atomic E-state index is 0.187. The van der Waals surface area contributed by atoms with E-state index in [2.05, 4.69) is 4.98 Å². The van der Waals surface area contributed by atoms with Gasteiger partial charge in [-0.2, -0.15) is 0 Å². The van der Waals surface area contributed by atoms with Crippen LogP contribution in [0.15, 0.2) is 30.5 Å². The van der Waals surface area contributed by atoms with Crippen LogP contribution in [0.25, 0.3) is 22.0 Å². The first-order valence-electron chi connectivity index (χ1n) is 6.90. The number of aryl methyl sites for hydroxylation is 1. The van der Waals surface area contributed by atoms with Crippen molar-refractivity contribution in [2.75, 3.05) is 5.73 Å². The molecule has 22 heavy (non-hydrogen) atoms. The molecule has 0 aliphatic rings. The van der Waals surface area contributed by atoms with Crippen molar-refractivity contribution in [2.45, 2.75) is 13.8 Å². The number of anilines is 1. The monoisotopic (exact) mass is 295 g/mol. The number of nitrogens with one attached hydrogen (secondary N) is 1. The zero-order valence-corrected chi connectivity index (χ0v) is 12.4. The number of carbonyl (C=O) groups excluding carboxylic acids is 1. The lowest BCUT2D eigenvalue weighted by Gasteiger charge is -2.16. The van der Waals surface area contributed by atoms with Crippen molar-refractivity contribution >= 4 is 22.5 Å². The number of phenolic OH excluding ortho intramolecular Hbond substituents is 1. The number of amides is 1. The highest BCUT2D eigenvalue weighted by Gasteiger charge is 2.19. The SMILES string of the molecule is Cc1ccc(O)c(C)c1-c1cc2[nH]ccc2c(C(N)=O)c1N. The van der Waals surface area contributed by atoms with E-state index in [0.717, 1.165) is 16.6 Å². The summed E-state index contributed by atoms with van der Waals surface area (Å²) in [5.41, 5.74) is 16.3. The summed E-state index contributed by atoms with van der Waals surface area (Å²) in [5, 5.41) is 10.7. The summed E-state index contributed by atoms with van der Waals surface area (Å²) in [7, 11) is 0. The molecule has 112 valence electrons. The molecule has 0 radical (unpaired) electrons. The number of primary amides is 1. The summed E-state index contributed by atoms with van der Waals surface area (Å²) >= 11 is 0. The maximum absolute atomic E-state index is 11.8. The van der Waals surface area contributed by atoms with Gasteiger partial charge in [0.15, 0.2) is 0 Å². The van der Waals surface area contributed by atoms with Crippen molar-refractivity contribution in [1.82, 2.24) is 4.98 Å². The van der Waals surface area contributed by atoms with Gasteiger partial charge >= 0.3 is 0 Å². The van der Waals surface area contributed by atoms with Crippen molar-refractivity contribution in [1.29, 1.82) is 0 Å². The first-order chi connectivity index (χ1) is 10.4. The predicted molar refractivity (Wildman–Crippen MR) is 87.8 cm³/mol. The van der Waals surface area contributed by atoms with Crippen LogP contribution < -0.4 is 11.5 Å². The maximum atomic E-state index is 11.8. The zero-order chi connectivity index (χ0) is 16.0. The van der Waals surface area contributed by atoms with E-state index in [1.54, 1.807) is 18.3 Å². The molecule has 0 aliphatic carbocycles. The Morgan fingerprint density at radius 1 is 1.23 bits per heavy atom. The molecule has 0 aliphatic heterocycles. The van der Waals surface area contributed by atoms with E-state index in [1.165, 1.54) is 0 Å². The largest absolute Gasteiger partial charge is 0.508 e. The average Bonchev–Trinajstić information content (AvgIpc) is 2.91. The smallest absolute Gasteiger partial charge is 0.251 e. The zero-order valence-electron chi connectivity index (χ0n) is 12.4. The second-order valence-corrected chi connectivity index (χ2v) is 5.42. The minimum atomic E-state index is -0.570. The fourth-order valence-electron chi connectivity index (χ4n) is 2.94. The number of nitrogens with two attached hydrogens (primary N) is 2. The van der Waals surface area contributed by atoms with Gasteiger partial charge in [-0.15, -0.1) is 0 Å². The highest BCUT2D eigenvalue weighted by molar-refractivity contribution is 6.13. The number of fused-ring (bicyclic) bond motifs is 1. The van der Waals surface area contributed by atoms with E-state index < -0.39 is 5.91 Å². The summed E-state index contributed by atoms with van der Waals surface area (Å²) in [6.07, 6.45) is 1.74. The van der Waals surface area contributed by atoms with Crippen molar-refractivity contribution in [3.05, 3.63) is 47.2 Å². The van der Waals surface area contributed by atoms with E-state index in [0.29, 0.717) is 27.8 Å². The summed E-state index contributed by atoms with van der Waals surface area (Å²) in [5.74, 6) is -0.383. The lowest BCUT2D eigenvalue weighted by molar-refractivity contribution is 0.100. The van der Waals surface area contributed by atoms with Gasteiger partial charge in [0.05, 0.1) is 11.3 Å². The molecule has 0 bridgehead atoms. The molecular weight excluding hydrogens is 278 g/mol. The number of aromatic hydroxyl groups is 1.